The summed E-state index contributed by atoms with van der Waals surface area (Å²) in [7, 11) is 0. The molecule has 0 aromatic heterocycles. The molecule has 0 saturated carbocycles. The van der Waals surface area contributed by atoms with E-state index in [2.05, 4.69) is 19.9 Å². The highest BCUT2D eigenvalue weighted by atomic mass is 14.1. The summed E-state index contributed by atoms with van der Waals surface area (Å²) >= 11 is 0. The third kappa shape index (κ3) is 5.74. The minimum absolute atomic E-state index is 0.173. The van der Waals surface area contributed by atoms with Gasteiger partial charge in [0.25, 0.3) is 0 Å². The summed E-state index contributed by atoms with van der Waals surface area (Å²) in [5, 5.41) is 0. The van der Waals surface area contributed by atoms with Crippen LogP contribution in [0, 0.1) is 5.41 Å². The molecule has 0 N–H and O–H groups in total. The van der Waals surface area contributed by atoms with E-state index in [0.29, 0.717) is 6.90 Å². The van der Waals surface area contributed by atoms with Crippen LogP contribution in [-0.2, 0) is 0 Å². The average molecular weight is 113 g/mol. The Hall–Kier alpha value is -0.260. The first-order valence-corrected chi connectivity index (χ1v) is 3.03. The van der Waals surface area contributed by atoms with Crippen molar-refractivity contribution < 1.29 is 1.37 Å². The monoisotopic (exact) mass is 113 g/mol. The maximum Gasteiger partial charge on any atom is 0.0236 e. The number of rotatable bonds is 1. The molecule has 0 radical (unpaired) electrons. The third-order valence-corrected chi connectivity index (χ3v) is 0.906. The highest BCUT2D eigenvalue weighted by Crippen LogP contribution is 2.18. The van der Waals surface area contributed by atoms with Crippen LogP contribution < -0.4 is 0 Å². The van der Waals surface area contributed by atoms with E-state index in [0.717, 1.165) is 6.42 Å². The molecule has 0 aliphatic rings. The molecule has 0 rings (SSSR count). The standard InChI is InChI=1S/C8H16/c1-5-6-7-8(2,3)4/h5-6H,7H2,1-4H3/i2D. The quantitative estimate of drug-likeness (QED) is 0.458. The van der Waals surface area contributed by atoms with E-state index in [9.17, 15) is 0 Å². The molecule has 0 aliphatic heterocycles. The lowest BCUT2D eigenvalue weighted by Gasteiger charge is -2.13. The van der Waals surface area contributed by atoms with Crippen LogP contribution in [0.5, 0.6) is 0 Å². The van der Waals surface area contributed by atoms with Crippen LogP contribution in [0.3, 0.4) is 0 Å². The van der Waals surface area contributed by atoms with Gasteiger partial charge in [0.15, 0.2) is 0 Å². The summed E-state index contributed by atoms with van der Waals surface area (Å²) in [6.07, 6.45) is 5.18. The van der Waals surface area contributed by atoms with Gasteiger partial charge in [0, 0.05) is 1.37 Å². The van der Waals surface area contributed by atoms with Crippen LogP contribution in [0.4, 0.5) is 0 Å². The van der Waals surface area contributed by atoms with Crippen LogP contribution in [0.25, 0.3) is 0 Å². The zero-order valence-electron chi connectivity index (χ0n) is 7.07. The van der Waals surface area contributed by atoms with Crippen molar-refractivity contribution in [1.29, 1.82) is 0 Å². The summed E-state index contributed by atoms with van der Waals surface area (Å²) < 4.78 is 7.15. The zero-order chi connectivity index (χ0) is 7.33. The maximum atomic E-state index is 7.15. The molecule has 0 atom stereocenters. The molecular formula is C8H16. The van der Waals surface area contributed by atoms with Gasteiger partial charge in [-0.25, -0.2) is 0 Å². The van der Waals surface area contributed by atoms with E-state index >= 15 is 0 Å². The molecule has 0 aliphatic carbocycles. The molecule has 0 bridgehead atoms. The molecule has 0 saturated heterocycles. The van der Waals surface area contributed by atoms with Crippen LogP contribution in [-0.4, -0.2) is 0 Å². The Kier molecular flexibility index (Phi) is 2.13. The average Bonchev–Trinajstić information content (AvgIpc) is 1.84. The lowest BCUT2D eigenvalue weighted by atomic mass is 9.92. The van der Waals surface area contributed by atoms with Gasteiger partial charge >= 0.3 is 0 Å². The van der Waals surface area contributed by atoms with Gasteiger partial charge in [0.2, 0.25) is 0 Å². The first-order chi connectivity index (χ1) is 4.12. The fraction of sp³-hybridized carbons (Fsp3) is 0.750. The number of allylic oxidation sites excluding steroid dienone is 2. The SMILES string of the molecule is [2H]CC(C)(C)CC=CC. The van der Waals surface area contributed by atoms with Crippen molar-refractivity contribution in [3.8, 4) is 0 Å². The third-order valence-electron chi connectivity index (χ3n) is 0.906. The zero-order valence-corrected chi connectivity index (χ0v) is 6.07. The van der Waals surface area contributed by atoms with Gasteiger partial charge in [-0.1, -0.05) is 32.9 Å². The second kappa shape index (κ2) is 2.91. The van der Waals surface area contributed by atoms with E-state index < -0.39 is 0 Å². The molecule has 0 spiro atoms. The van der Waals surface area contributed by atoms with E-state index in [1.807, 2.05) is 13.0 Å². The molecule has 0 amide bonds. The summed E-state index contributed by atoms with van der Waals surface area (Å²) in [6.45, 7) is 6.75. The van der Waals surface area contributed by atoms with Crippen molar-refractivity contribution in [1.82, 2.24) is 0 Å². The normalized spacial score (nSPS) is 14.6. The molecule has 0 heterocycles. The Balaban J connectivity index is 3.58. The van der Waals surface area contributed by atoms with E-state index in [-0.39, 0.29) is 5.41 Å². The molecule has 0 nitrogen and oxygen atoms in total. The van der Waals surface area contributed by atoms with Gasteiger partial charge < -0.3 is 0 Å². The summed E-state index contributed by atoms with van der Waals surface area (Å²) in [4.78, 5) is 0. The summed E-state index contributed by atoms with van der Waals surface area (Å²) in [6, 6.07) is 0. The Bertz CT molecular complexity index is 92.7. The minimum Gasteiger partial charge on any atom is -0.0916 e. The molecule has 8 heavy (non-hydrogen) atoms. The van der Waals surface area contributed by atoms with Gasteiger partial charge in [0.05, 0.1) is 0 Å². The summed E-state index contributed by atoms with van der Waals surface area (Å²) in [5.41, 5.74) is 0.173. The van der Waals surface area contributed by atoms with Crippen LogP contribution in [0.15, 0.2) is 12.2 Å². The molecule has 0 aromatic rings. The Labute approximate surface area is 54.0 Å². The Morgan fingerprint density at radius 1 is 1.62 bits per heavy atom. The van der Waals surface area contributed by atoms with Gasteiger partial charge in [-0.15, -0.1) is 0 Å². The molecule has 0 heteroatoms. The van der Waals surface area contributed by atoms with E-state index in [1.54, 1.807) is 0 Å². The van der Waals surface area contributed by atoms with Crippen LogP contribution in [0.2, 0.25) is 0 Å². The van der Waals surface area contributed by atoms with Gasteiger partial charge in [-0.05, 0) is 18.8 Å². The molecule has 0 unspecified atom stereocenters. The van der Waals surface area contributed by atoms with Gasteiger partial charge in [-0.2, -0.15) is 0 Å². The Morgan fingerprint density at radius 3 is 2.62 bits per heavy atom. The van der Waals surface area contributed by atoms with Crippen LogP contribution >= 0.6 is 0 Å². The lowest BCUT2D eigenvalue weighted by molar-refractivity contribution is 0.420. The van der Waals surface area contributed by atoms with E-state index in [4.69, 9.17) is 1.37 Å². The smallest absolute Gasteiger partial charge is 0.0236 e. The molecule has 0 fully saturated rings. The predicted molar refractivity (Wildman–Crippen MR) is 38.9 cm³/mol. The first-order valence-electron chi connectivity index (χ1n) is 3.73. The number of hydrogen-bond acceptors (Lipinski definition) is 0. The fourth-order valence-corrected chi connectivity index (χ4v) is 0.437. The van der Waals surface area contributed by atoms with Crippen molar-refractivity contribution in [2.75, 3.05) is 0 Å². The summed E-state index contributed by atoms with van der Waals surface area (Å²) in [5.74, 6) is 0. The second-order valence-corrected chi connectivity index (χ2v) is 2.94. The predicted octanol–water partition coefficient (Wildman–Crippen LogP) is 3.00. The second-order valence-electron chi connectivity index (χ2n) is 2.94. The molecule has 0 aromatic carbocycles. The Morgan fingerprint density at radius 2 is 2.25 bits per heavy atom. The van der Waals surface area contributed by atoms with Gasteiger partial charge in [0.1, 0.15) is 0 Å². The van der Waals surface area contributed by atoms with Crippen molar-refractivity contribution in [2.45, 2.75) is 34.1 Å². The molecule has 48 valence electrons. The topological polar surface area (TPSA) is 0 Å². The maximum absolute atomic E-state index is 7.15. The largest absolute Gasteiger partial charge is 0.0916 e. The van der Waals surface area contributed by atoms with Crippen molar-refractivity contribution in [2.24, 2.45) is 5.41 Å². The van der Waals surface area contributed by atoms with Crippen molar-refractivity contribution >= 4 is 0 Å². The fourth-order valence-electron chi connectivity index (χ4n) is 0.437. The van der Waals surface area contributed by atoms with Crippen molar-refractivity contribution in [3.05, 3.63) is 12.2 Å². The first kappa shape index (κ1) is 5.87. The van der Waals surface area contributed by atoms with Crippen LogP contribution in [0.1, 0.15) is 35.5 Å². The van der Waals surface area contributed by atoms with Crippen molar-refractivity contribution in [3.63, 3.8) is 0 Å². The minimum atomic E-state index is 0.173. The lowest BCUT2D eigenvalue weighted by Crippen LogP contribution is -2.01. The number of hydrogen-bond donors (Lipinski definition) is 0. The highest BCUT2D eigenvalue weighted by Gasteiger charge is 2.05. The highest BCUT2D eigenvalue weighted by molar-refractivity contribution is 4.82. The molecular weight excluding hydrogens is 96.1 g/mol. The van der Waals surface area contributed by atoms with E-state index in [1.165, 1.54) is 0 Å². The van der Waals surface area contributed by atoms with Gasteiger partial charge in [-0.3, -0.25) is 0 Å².